The quantitative estimate of drug-likeness (QED) is 0.764. The first-order valence-corrected chi connectivity index (χ1v) is 7.85. The number of aromatic amines is 1. The standard InChI is InChI=1S/C19H18N2O2/c22-14-5-3-4-13(10-14)11-19(23)21-9-8-16-15-6-1-2-7-17(15)20-18(16)12-21/h1-7,10,20,22H,8-9,11-12H2. The average molecular weight is 306 g/mol. The average Bonchev–Trinajstić information content (AvgIpc) is 2.92. The number of nitrogens with one attached hydrogen (secondary N) is 1. The summed E-state index contributed by atoms with van der Waals surface area (Å²) in [6, 6.07) is 15.2. The maximum Gasteiger partial charge on any atom is 0.227 e. The molecule has 0 saturated heterocycles. The van der Waals surface area contributed by atoms with E-state index in [4.69, 9.17) is 0 Å². The minimum atomic E-state index is 0.0971. The summed E-state index contributed by atoms with van der Waals surface area (Å²) in [7, 11) is 0. The number of phenols is 1. The number of hydrogen-bond donors (Lipinski definition) is 2. The van der Waals surface area contributed by atoms with Crippen LogP contribution in [0.1, 0.15) is 16.8 Å². The molecule has 0 unspecified atom stereocenters. The van der Waals surface area contributed by atoms with Gasteiger partial charge in [-0.25, -0.2) is 0 Å². The molecule has 4 heteroatoms. The van der Waals surface area contributed by atoms with Gasteiger partial charge in [-0.15, -0.1) is 0 Å². The van der Waals surface area contributed by atoms with Gasteiger partial charge in [0.05, 0.1) is 13.0 Å². The zero-order valence-electron chi connectivity index (χ0n) is 12.7. The molecule has 2 heterocycles. The molecule has 0 atom stereocenters. The number of para-hydroxylation sites is 1. The summed E-state index contributed by atoms with van der Waals surface area (Å²) in [6.45, 7) is 1.37. The molecule has 1 aliphatic heterocycles. The molecule has 116 valence electrons. The van der Waals surface area contributed by atoms with E-state index in [1.165, 1.54) is 10.9 Å². The summed E-state index contributed by atoms with van der Waals surface area (Å²) < 4.78 is 0. The zero-order chi connectivity index (χ0) is 15.8. The molecule has 0 aliphatic carbocycles. The Morgan fingerprint density at radius 2 is 2.04 bits per heavy atom. The van der Waals surface area contributed by atoms with Crippen LogP contribution in [0.4, 0.5) is 0 Å². The van der Waals surface area contributed by atoms with Crippen LogP contribution >= 0.6 is 0 Å². The Morgan fingerprint density at radius 1 is 1.17 bits per heavy atom. The van der Waals surface area contributed by atoms with Gasteiger partial charge in [0.15, 0.2) is 0 Å². The highest BCUT2D eigenvalue weighted by atomic mass is 16.3. The third-order valence-electron chi connectivity index (χ3n) is 4.50. The van der Waals surface area contributed by atoms with E-state index >= 15 is 0 Å². The normalized spacial score (nSPS) is 14.0. The highest BCUT2D eigenvalue weighted by Gasteiger charge is 2.23. The predicted molar refractivity (Wildman–Crippen MR) is 89.2 cm³/mol. The summed E-state index contributed by atoms with van der Waals surface area (Å²) >= 11 is 0. The molecule has 23 heavy (non-hydrogen) atoms. The molecule has 0 spiro atoms. The second-order valence-corrected chi connectivity index (χ2v) is 6.04. The van der Waals surface area contributed by atoms with Gasteiger partial charge in [0.1, 0.15) is 5.75 Å². The van der Waals surface area contributed by atoms with Crippen LogP contribution in [-0.4, -0.2) is 27.4 Å². The maximum atomic E-state index is 12.5. The minimum absolute atomic E-state index is 0.0971. The first-order valence-electron chi connectivity index (χ1n) is 7.85. The highest BCUT2D eigenvalue weighted by molar-refractivity contribution is 5.86. The van der Waals surface area contributed by atoms with Crippen molar-refractivity contribution < 1.29 is 9.90 Å². The van der Waals surface area contributed by atoms with Crippen molar-refractivity contribution in [2.24, 2.45) is 0 Å². The third-order valence-corrected chi connectivity index (χ3v) is 4.50. The van der Waals surface area contributed by atoms with Gasteiger partial charge in [0, 0.05) is 23.1 Å². The topological polar surface area (TPSA) is 56.3 Å². The lowest BCUT2D eigenvalue weighted by atomic mass is 10.0. The van der Waals surface area contributed by atoms with Crippen molar-refractivity contribution in [1.82, 2.24) is 9.88 Å². The number of benzene rings is 2. The van der Waals surface area contributed by atoms with Gasteiger partial charge >= 0.3 is 0 Å². The van der Waals surface area contributed by atoms with E-state index in [0.717, 1.165) is 29.7 Å². The third kappa shape index (κ3) is 2.57. The number of hydrogen-bond acceptors (Lipinski definition) is 2. The van der Waals surface area contributed by atoms with E-state index in [1.807, 2.05) is 17.0 Å². The van der Waals surface area contributed by atoms with Gasteiger partial charge in [-0.2, -0.15) is 0 Å². The van der Waals surface area contributed by atoms with Crippen LogP contribution in [0, 0.1) is 0 Å². The number of phenolic OH excluding ortho intramolecular Hbond substituents is 1. The van der Waals surface area contributed by atoms with Crippen molar-refractivity contribution in [2.45, 2.75) is 19.4 Å². The Bertz CT molecular complexity index is 882. The van der Waals surface area contributed by atoms with Crippen molar-refractivity contribution in [3.8, 4) is 5.75 Å². The van der Waals surface area contributed by atoms with E-state index < -0.39 is 0 Å². The molecule has 1 aromatic heterocycles. The number of H-pyrrole nitrogens is 1. The second kappa shape index (κ2) is 5.47. The smallest absolute Gasteiger partial charge is 0.227 e. The fraction of sp³-hybridized carbons (Fsp3) is 0.211. The van der Waals surface area contributed by atoms with Gasteiger partial charge < -0.3 is 15.0 Å². The number of fused-ring (bicyclic) bond motifs is 3. The summed E-state index contributed by atoms with van der Waals surface area (Å²) in [5, 5.41) is 10.8. The Balaban J connectivity index is 1.54. The first-order chi connectivity index (χ1) is 11.2. The number of aromatic nitrogens is 1. The summed E-state index contributed by atoms with van der Waals surface area (Å²) in [4.78, 5) is 17.9. The minimum Gasteiger partial charge on any atom is -0.508 e. The van der Waals surface area contributed by atoms with Crippen molar-refractivity contribution in [3.63, 3.8) is 0 Å². The SMILES string of the molecule is O=C(Cc1cccc(O)c1)N1CCc2c([nH]c3ccccc23)C1. The molecule has 0 saturated carbocycles. The number of carbonyl (C=O) groups excluding carboxylic acids is 1. The Labute approximate surface area is 134 Å². The fourth-order valence-electron chi connectivity index (χ4n) is 3.36. The molecule has 0 fully saturated rings. The van der Waals surface area contributed by atoms with E-state index in [0.29, 0.717) is 13.0 Å². The molecule has 4 nitrogen and oxygen atoms in total. The predicted octanol–water partition coefficient (Wildman–Crippen LogP) is 3.00. The zero-order valence-corrected chi connectivity index (χ0v) is 12.7. The van der Waals surface area contributed by atoms with Gasteiger partial charge in [-0.05, 0) is 35.7 Å². The molecule has 2 N–H and O–H groups in total. The number of nitrogens with zero attached hydrogens (tertiary/aromatic N) is 1. The molecule has 2 aromatic carbocycles. The molecular formula is C19H18N2O2. The van der Waals surface area contributed by atoms with E-state index in [2.05, 4.69) is 23.2 Å². The number of rotatable bonds is 2. The van der Waals surface area contributed by atoms with Gasteiger partial charge in [0.25, 0.3) is 0 Å². The lowest BCUT2D eigenvalue weighted by Crippen LogP contribution is -2.36. The van der Waals surface area contributed by atoms with Crippen molar-refractivity contribution in [2.75, 3.05) is 6.54 Å². The second-order valence-electron chi connectivity index (χ2n) is 6.04. The molecule has 1 amide bonds. The van der Waals surface area contributed by atoms with Gasteiger partial charge in [-0.1, -0.05) is 30.3 Å². The van der Waals surface area contributed by atoms with E-state index in [1.54, 1.807) is 18.2 Å². The van der Waals surface area contributed by atoms with E-state index in [9.17, 15) is 9.90 Å². The van der Waals surface area contributed by atoms with E-state index in [-0.39, 0.29) is 11.7 Å². The first kappa shape index (κ1) is 13.9. The number of aromatic hydroxyl groups is 1. The lowest BCUT2D eigenvalue weighted by molar-refractivity contribution is -0.131. The Kier molecular flexibility index (Phi) is 3.30. The Hall–Kier alpha value is -2.75. The van der Waals surface area contributed by atoms with Crippen LogP contribution in [0.15, 0.2) is 48.5 Å². The summed E-state index contributed by atoms with van der Waals surface area (Å²) in [5.41, 5.74) is 4.46. The molecule has 0 bridgehead atoms. The number of amides is 1. The molecule has 1 aliphatic rings. The van der Waals surface area contributed by atoms with Crippen LogP contribution < -0.4 is 0 Å². The van der Waals surface area contributed by atoms with Crippen LogP contribution in [0.3, 0.4) is 0 Å². The van der Waals surface area contributed by atoms with Crippen LogP contribution in [0.2, 0.25) is 0 Å². The largest absolute Gasteiger partial charge is 0.508 e. The Morgan fingerprint density at radius 3 is 2.91 bits per heavy atom. The molecule has 4 rings (SSSR count). The molecule has 3 aromatic rings. The van der Waals surface area contributed by atoms with Crippen molar-refractivity contribution in [1.29, 1.82) is 0 Å². The van der Waals surface area contributed by atoms with Crippen molar-refractivity contribution >= 4 is 16.8 Å². The van der Waals surface area contributed by atoms with Crippen LogP contribution in [0.25, 0.3) is 10.9 Å². The number of carbonyl (C=O) groups is 1. The summed E-state index contributed by atoms with van der Waals surface area (Å²) in [5.74, 6) is 0.298. The lowest BCUT2D eigenvalue weighted by Gasteiger charge is -2.27. The van der Waals surface area contributed by atoms with Gasteiger partial charge in [0.2, 0.25) is 5.91 Å². The maximum absolute atomic E-state index is 12.5. The van der Waals surface area contributed by atoms with Crippen LogP contribution in [0.5, 0.6) is 5.75 Å². The van der Waals surface area contributed by atoms with Crippen LogP contribution in [-0.2, 0) is 24.2 Å². The van der Waals surface area contributed by atoms with Gasteiger partial charge in [-0.3, -0.25) is 4.79 Å². The summed E-state index contributed by atoms with van der Waals surface area (Å²) in [6.07, 6.45) is 1.20. The monoisotopic (exact) mass is 306 g/mol. The van der Waals surface area contributed by atoms with Crippen molar-refractivity contribution in [3.05, 3.63) is 65.4 Å². The highest BCUT2D eigenvalue weighted by Crippen LogP contribution is 2.27. The fourth-order valence-corrected chi connectivity index (χ4v) is 3.36. The molecular weight excluding hydrogens is 288 g/mol. The molecule has 0 radical (unpaired) electrons.